The van der Waals surface area contributed by atoms with Crippen LogP contribution < -0.4 is 0 Å². The lowest BCUT2D eigenvalue weighted by Gasteiger charge is -2.41. The van der Waals surface area contributed by atoms with Crippen molar-refractivity contribution in [2.24, 2.45) is 5.92 Å². The van der Waals surface area contributed by atoms with Crippen molar-refractivity contribution in [3.63, 3.8) is 0 Å². The van der Waals surface area contributed by atoms with Crippen LogP contribution in [0.1, 0.15) is 30.3 Å². The lowest BCUT2D eigenvalue weighted by molar-refractivity contribution is -0.174. The molecule has 23 heavy (non-hydrogen) atoms. The molecular weight excluding hydrogens is 317 g/mol. The average Bonchev–Trinajstić information content (AvgIpc) is 3.40. The molecule has 0 unspecified atom stereocenters. The van der Waals surface area contributed by atoms with Gasteiger partial charge in [0.2, 0.25) is 0 Å². The summed E-state index contributed by atoms with van der Waals surface area (Å²) in [6.07, 6.45) is -10.6. The minimum atomic E-state index is -4.40. The molecule has 1 saturated carbocycles. The van der Waals surface area contributed by atoms with E-state index in [0.717, 1.165) is 0 Å². The lowest BCUT2D eigenvalue weighted by Crippen LogP contribution is -2.54. The molecule has 8 heteroatoms. The number of halogens is 3. The maximum absolute atomic E-state index is 12.1. The molecule has 0 aromatic carbocycles. The summed E-state index contributed by atoms with van der Waals surface area (Å²) in [6, 6.07) is 0. The van der Waals surface area contributed by atoms with Gasteiger partial charge in [-0.3, -0.25) is 0 Å². The van der Waals surface area contributed by atoms with Crippen LogP contribution in [0.5, 0.6) is 0 Å². The Labute approximate surface area is 137 Å². The topological polar surface area (TPSA) is 63.8 Å². The summed E-state index contributed by atoms with van der Waals surface area (Å²) in [5, 5.41) is 10.4. The molecule has 2 saturated heterocycles. The van der Waals surface area contributed by atoms with Crippen LogP contribution in [0.4, 0.5) is 13.2 Å². The third-order valence-corrected chi connectivity index (χ3v) is 4.77. The van der Waals surface area contributed by atoms with Gasteiger partial charge in [-0.05, 0) is 26.1 Å². The van der Waals surface area contributed by atoms with Crippen molar-refractivity contribution in [3.8, 4) is 0 Å². The molecule has 134 valence electrons. The molecule has 0 aromatic heterocycles. The molecule has 0 aromatic rings. The van der Waals surface area contributed by atoms with Crippen molar-refractivity contribution in [3.05, 3.63) is 0 Å². The molecule has 1 spiro atoms. The van der Waals surface area contributed by atoms with E-state index < -0.39 is 54.6 Å². The van der Waals surface area contributed by atoms with E-state index in [0.29, 0.717) is 0 Å². The third-order valence-electron chi connectivity index (χ3n) is 4.77. The van der Waals surface area contributed by atoms with E-state index in [-0.39, 0.29) is 26.1 Å². The molecule has 1 N–H and O–H groups in total. The second-order valence-electron chi connectivity index (χ2n) is 6.42. The van der Waals surface area contributed by atoms with E-state index in [1.807, 2.05) is 0 Å². The van der Waals surface area contributed by atoms with Crippen LogP contribution in [-0.2, 0) is 18.9 Å². The Morgan fingerprint density at radius 1 is 1.48 bits per heavy atom. The molecule has 6 atom stereocenters. The van der Waals surface area contributed by atoms with E-state index in [1.54, 1.807) is 6.92 Å². The lowest BCUT2D eigenvalue weighted by atomic mass is 9.68. The number of epoxide rings is 2. The van der Waals surface area contributed by atoms with Crippen molar-refractivity contribution in [2.75, 3.05) is 26.9 Å². The molecule has 0 bridgehead atoms. The van der Waals surface area contributed by atoms with Crippen LogP contribution in [0.25, 0.3) is 0 Å². The number of rotatable bonds is 6. The molecule has 3 fully saturated rings. The number of methoxy groups -OCH3 is 1. The minimum Gasteiger partial charge on any atom is -0.390 e. The van der Waals surface area contributed by atoms with Crippen molar-refractivity contribution in [1.82, 2.24) is 0 Å². The highest BCUT2D eigenvalue weighted by Crippen LogP contribution is 2.59. The van der Waals surface area contributed by atoms with Crippen molar-refractivity contribution >= 4 is 0 Å². The molecule has 1 aliphatic carbocycles. The first-order valence-electron chi connectivity index (χ1n) is 9.00. The number of hydrogen-bond donors (Lipinski definition) is 1. The molecule has 3 rings (SSSR count). The van der Waals surface area contributed by atoms with Gasteiger partial charge in [-0.25, -0.2) is 0 Å². The van der Waals surface area contributed by atoms with Crippen LogP contribution in [-0.4, -0.2) is 67.7 Å². The molecule has 5 nitrogen and oxygen atoms in total. The van der Waals surface area contributed by atoms with Gasteiger partial charge in [-0.2, -0.15) is 13.2 Å². The molecule has 0 amide bonds. The highest BCUT2D eigenvalue weighted by Gasteiger charge is 2.71. The summed E-state index contributed by atoms with van der Waals surface area (Å²) < 4.78 is 82.1. The Kier molecular flexibility index (Phi) is 3.51. The number of hydrogen-bond acceptors (Lipinski definition) is 5. The van der Waals surface area contributed by atoms with Gasteiger partial charge < -0.3 is 24.1 Å². The standard InChI is InChI=1S/C15H23F3O5/c1-13(10(23-13)4-6-21-8-15(16,17)18)12-11(20-2)9(19)3-5-14(12)7-22-14/h9-12,19H,3-8H2,1-2H3/t9-,10-,11-,12-,13-,14+/m1/s1/i3D2,11D. The minimum absolute atomic E-state index is 0.105. The van der Waals surface area contributed by atoms with Gasteiger partial charge >= 0.3 is 6.18 Å². The Hall–Kier alpha value is -0.410. The molecule has 2 heterocycles. The predicted molar refractivity (Wildman–Crippen MR) is 73.0 cm³/mol. The SMILES string of the molecule is [2H]C1([2H])C[C@]2(CO2)[C@@H]([C@]2(C)O[C@@H]2CCOCC(F)(F)F)[C@]([2H])(OC)[C@@H]1O. The van der Waals surface area contributed by atoms with Gasteiger partial charge in [0.15, 0.2) is 0 Å². The first-order chi connectivity index (χ1) is 11.8. The highest BCUT2D eigenvalue weighted by molar-refractivity contribution is 5.19. The monoisotopic (exact) mass is 343 g/mol. The molecule has 2 aliphatic heterocycles. The Bertz CT molecular complexity index is 559. The summed E-state index contributed by atoms with van der Waals surface area (Å²) in [5.74, 6) is -0.793. The van der Waals surface area contributed by atoms with Crippen LogP contribution >= 0.6 is 0 Å². The fourth-order valence-corrected chi connectivity index (χ4v) is 3.54. The Balaban J connectivity index is 1.71. The van der Waals surface area contributed by atoms with Crippen LogP contribution in [0.15, 0.2) is 0 Å². The van der Waals surface area contributed by atoms with Crippen LogP contribution in [0.2, 0.25) is 0 Å². The zero-order chi connectivity index (χ0) is 19.6. The quantitative estimate of drug-likeness (QED) is 0.587. The van der Waals surface area contributed by atoms with E-state index in [2.05, 4.69) is 4.74 Å². The second-order valence-corrected chi connectivity index (χ2v) is 6.42. The predicted octanol–water partition coefficient (Wildman–Crippen LogP) is 1.67. The number of aliphatic hydroxyl groups excluding tert-OH is 1. The zero-order valence-corrected chi connectivity index (χ0v) is 13.0. The largest absolute Gasteiger partial charge is 0.411 e. The molecular formula is C15H23F3O5. The van der Waals surface area contributed by atoms with E-state index in [9.17, 15) is 18.3 Å². The third kappa shape index (κ3) is 3.37. The average molecular weight is 343 g/mol. The van der Waals surface area contributed by atoms with Crippen molar-refractivity contribution < 1.29 is 41.3 Å². The summed E-state index contributed by atoms with van der Waals surface area (Å²) in [7, 11) is 1.22. The fourth-order valence-electron chi connectivity index (χ4n) is 3.54. The zero-order valence-electron chi connectivity index (χ0n) is 16.0. The van der Waals surface area contributed by atoms with E-state index in [1.165, 1.54) is 7.11 Å². The van der Waals surface area contributed by atoms with Gasteiger partial charge in [0.1, 0.15) is 12.2 Å². The molecule has 3 aliphatic rings. The first kappa shape index (κ1) is 13.8. The summed E-state index contributed by atoms with van der Waals surface area (Å²) >= 11 is 0. The van der Waals surface area contributed by atoms with Gasteiger partial charge in [-0.1, -0.05) is 0 Å². The van der Waals surface area contributed by atoms with Gasteiger partial charge in [-0.15, -0.1) is 0 Å². The van der Waals surface area contributed by atoms with Gasteiger partial charge in [0.25, 0.3) is 0 Å². The fraction of sp³-hybridized carbons (Fsp3) is 1.00. The number of aliphatic hydroxyl groups is 1. The number of ether oxygens (including phenoxy) is 4. The Morgan fingerprint density at radius 2 is 2.17 bits per heavy atom. The Morgan fingerprint density at radius 3 is 2.74 bits per heavy atom. The summed E-state index contributed by atoms with van der Waals surface area (Å²) in [4.78, 5) is 0. The highest BCUT2D eigenvalue weighted by atomic mass is 19.4. The van der Waals surface area contributed by atoms with E-state index in [4.69, 9.17) is 18.3 Å². The smallest absolute Gasteiger partial charge is 0.390 e. The molecule has 0 radical (unpaired) electrons. The maximum atomic E-state index is 12.1. The van der Waals surface area contributed by atoms with Crippen LogP contribution in [0, 0.1) is 5.92 Å². The van der Waals surface area contributed by atoms with E-state index >= 15 is 0 Å². The maximum Gasteiger partial charge on any atom is 0.411 e. The second kappa shape index (κ2) is 5.84. The summed E-state index contributed by atoms with van der Waals surface area (Å²) in [5.41, 5.74) is -1.97. The van der Waals surface area contributed by atoms with Crippen molar-refractivity contribution in [2.45, 2.75) is 61.8 Å². The normalized spacial score (nSPS) is 53.5. The van der Waals surface area contributed by atoms with Gasteiger partial charge in [0, 0.05) is 16.5 Å². The van der Waals surface area contributed by atoms with Crippen molar-refractivity contribution in [1.29, 1.82) is 0 Å². The van der Waals surface area contributed by atoms with Gasteiger partial charge in [0.05, 0.1) is 37.8 Å². The first-order valence-corrected chi connectivity index (χ1v) is 7.50. The number of alkyl halides is 3. The van der Waals surface area contributed by atoms with Crippen LogP contribution in [0.3, 0.4) is 0 Å². The summed E-state index contributed by atoms with van der Waals surface area (Å²) in [6.45, 7) is 0.392.